The molecule has 1 aliphatic rings. The van der Waals surface area contributed by atoms with E-state index in [1.54, 1.807) is 20.1 Å². The summed E-state index contributed by atoms with van der Waals surface area (Å²) in [7, 11) is 1.54. The number of rotatable bonds is 6. The van der Waals surface area contributed by atoms with Gasteiger partial charge in [0.15, 0.2) is 0 Å². The van der Waals surface area contributed by atoms with Gasteiger partial charge in [-0.25, -0.2) is 9.18 Å². The number of aryl methyl sites for hydroxylation is 1. The van der Waals surface area contributed by atoms with Crippen LogP contribution in [0.4, 0.5) is 10.1 Å². The fourth-order valence-electron chi connectivity index (χ4n) is 3.42. The fraction of sp³-hybridized carbons (Fsp3) is 0.474. The first-order chi connectivity index (χ1) is 13.0. The van der Waals surface area contributed by atoms with E-state index < -0.39 is 0 Å². The molecule has 3 rings (SSSR count). The Morgan fingerprint density at radius 2 is 1.82 bits per heavy atom. The third-order valence-electron chi connectivity index (χ3n) is 4.87. The summed E-state index contributed by atoms with van der Waals surface area (Å²) < 4.78 is 19.9. The molecule has 154 valence electrons. The summed E-state index contributed by atoms with van der Waals surface area (Å²) in [5, 5.41) is 0. The summed E-state index contributed by atoms with van der Waals surface area (Å²) >= 11 is 0. The molecule has 1 saturated heterocycles. The number of aromatic amines is 1. The lowest BCUT2D eigenvalue weighted by atomic mass is 10.2. The van der Waals surface area contributed by atoms with E-state index in [9.17, 15) is 14.0 Å². The SMILES string of the molecule is COc1cc(F)ccc1N1CCN(CCCn2c(=O)cc(C)[nH]c2=O)CC1.Cl. The molecule has 1 fully saturated rings. The number of nitrogens with zero attached hydrogens (tertiary/aromatic N) is 3. The van der Waals surface area contributed by atoms with E-state index >= 15 is 0 Å². The highest BCUT2D eigenvalue weighted by Crippen LogP contribution is 2.29. The molecule has 0 saturated carbocycles. The maximum absolute atomic E-state index is 13.4. The van der Waals surface area contributed by atoms with Gasteiger partial charge in [-0.2, -0.15) is 0 Å². The smallest absolute Gasteiger partial charge is 0.328 e. The van der Waals surface area contributed by atoms with Gasteiger partial charge in [0.2, 0.25) is 0 Å². The van der Waals surface area contributed by atoms with Crippen LogP contribution >= 0.6 is 12.4 Å². The molecule has 2 heterocycles. The average Bonchev–Trinajstić information content (AvgIpc) is 2.64. The summed E-state index contributed by atoms with van der Waals surface area (Å²) in [6, 6.07) is 6.04. The lowest BCUT2D eigenvalue weighted by Crippen LogP contribution is -2.47. The quantitative estimate of drug-likeness (QED) is 0.780. The molecular formula is C19H26ClFN4O3. The van der Waals surface area contributed by atoms with Crippen molar-refractivity contribution >= 4 is 18.1 Å². The zero-order chi connectivity index (χ0) is 19.4. The Bertz CT molecular complexity index is 876. The predicted molar refractivity (Wildman–Crippen MR) is 110 cm³/mol. The van der Waals surface area contributed by atoms with E-state index in [0.717, 1.165) is 44.8 Å². The van der Waals surface area contributed by atoms with Crippen LogP contribution < -0.4 is 20.9 Å². The van der Waals surface area contributed by atoms with Crippen molar-refractivity contribution in [3.63, 3.8) is 0 Å². The molecule has 9 heteroatoms. The highest BCUT2D eigenvalue weighted by atomic mass is 35.5. The second-order valence-corrected chi connectivity index (χ2v) is 6.75. The Labute approximate surface area is 169 Å². The van der Waals surface area contributed by atoms with Crippen molar-refractivity contribution in [2.45, 2.75) is 19.9 Å². The van der Waals surface area contributed by atoms with Crippen molar-refractivity contribution in [1.82, 2.24) is 14.5 Å². The normalized spacial score (nSPS) is 14.6. The minimum Gasteiger partial charge on any atom is -0.494 e. The molecule has 1 N–H and O–H groups in total. The topological polar surface area (TPSA) is 70.6 Å². The van der Waals surface area contributed by atoms with Gasteiger partial charge in [0, 0.05) is 50.6 Å². The van der Waals surface area contributed by atoms with Crippen molar-refractivity contribution in [3.8, 4) is 5.75 Å². The van der Waals surface area contributed by atoms with E-state index in [1.165, 1.54) is 22.8 Å². The third kappa shape index (κ3) is 5.14. The summed E-state index contributed by atoms with van der Waals surface area (Å²) in [5.74, 6) is 0.233. The van der Waals surface area contributed by atoms with Gasteiger partial charge < -0.3 is 14.6 Å². The Morgan fingerprint density at radius 3 is 2.46 bits per heavy atom. The molecule has 0 amide bonds. The minimum atomic E-state index is -0.353. The van der Waals surface area contributed by atoms with Crippen LogP contribution in [0.5, 0.6) is 5.75 Å². The largest absolute Gasteiger partial charge is 0.494 e. The highest BCUT2D eigenvalue weighted by Gasteiger charge is 2.20. The van der Waals surface area contributed by atoms with Gasteiger partial charge >= 0.3 is 5.69 Å². The standard InChI is InChI=1S/C19H25FN4O3.ClH/c1-14-12-18(25)24(19(26)21-14)7-3-6-22-8-10-23(11-9-22)16-5-4-15(20)13-17(16)27-2;/h4-5,12-13H,3,6-11H2,1-2H3,(H,21,26);1H. The first-order valence-corrected chi connectivity index (χ1v) is 9.09. The maximum Gasteiger partial charge on any atom is 0.328 e. The Hall–Kier alpha value is -2.32. The Kier molecular flexibility index (Phi) is 7.65. The van der Waals surface area contributed by atoms with Gasteiger partial charge in [0.25, 0.3) is 5.56 Å². The molecule has 0 radical (unpaired) electrons. The van der Waals surface area contributed by atoms with Crippen molar-refractivity contribution in [3.05, 3.63) is 56.6 Å². The number of halogens is 2. The van der Waals surface area contributed by atoms with Crippen LogP contribution in [0.1, 0.15) is 12.1 Å². The molecule has 1 aromatic carbocycles. The molecule has 0 unspecified atom stereocenters. The summed E-state index contributed by atoms with van der Waals surface area (Å²) in [6.45, 7) is 6.26. The number of piperazine rings is 1. The van der Waals surface area contributed by atoms with Crippen molar-refractivity contribution in [1.29, 1.82) is 0 Å². The molecular weight excluding hydrogens is 387 g/mol. The van der Waals surface area contributed by atoms with Gasteiger partial charge in [-0.15, -0.1) is 12.4 Å². The zero-order valence-corrected chi connectivity index (χ0v) is 16.9. The van der Waals surface area contributed by atoms with E-state index in [1.807, 2.05) is 0 Å². The van der Waals surface area contributed by atoms with Crippen molar-refractivity contribution in [2.75, 3.05) is 44.7 Å². The van der Waals surface area contributed by atoms with Crippen LogP contribution in [0.15, 0.2) is 33.9 Å². The number of benzene rings is 1. The second-order valence-electron chi connectivity index (χ2n) is 6.75. The van der Waals surface area contributed by atoms with Gasteiger partial charge in [0.05, 0.1) is 12.8 Å². The van der Waals surface area contributed by atoms with E-state index in [-0.39, 0.29) is 29.5 Å². The number of nitrogens with one attached hydrogen (secondary N) is 1. The summed E-state index contributed by atoms with van der Waals surface area (Å²) in [6.07, 6.45) is 0.728. The van der Waals surface area contributed by atoms with Crippen LogP contribution in [-0.2, 0) is 6.54 Å². The second kappa shape index (κ2) is 9.75. The number of H-pyrrole nitrogens is 1. The van der Waals surface area contributed by atoms with Gasteiger partial charge in [-0.05, 0) is 32.0 Å². The first-order valence-electron chi connectivity index (χ1n) is 9.09. The number of ether oxygens (including phenoxy) is 1. The first kappa shape index (κ1) is 22.0. The number of anilines is 1. The third-order valence-corrected chi connectivity index (χ3v) is 4.87. The number of methoxy groups -OCH3 is 1. The van der Waals surface area contributed by atoms with E-state index in [2.05, 4.69) is 14.8 Å². The van der Waals surface area contributed by atoms with E-state index in [0.29, 0.717) is 18.0 Å². The van der Waals surface area contributed by atoms with Crippen LogP contribution in [0, 0.1) is 12.7 Å². The monoisotopic (exact) mass is 412 g/mol. The summed E-state index contributed by atoms with van der Waals surface area (Å²) in [4.78, 5) is 30.9. The van der Waals surface area contributed by atoms with Crippen LogP contribution in [0.25, 0.3) is 0 Å². The summed E-state index contributed by atoms with van der Waals surface area (Å²) in [5.41, 5.74) is 0.864. The Morgan fingerprint density at radius 1 is 1.11 bits per heavy atom. The van der Waals surface area contributed by atoms with Gasteiger partial charge in [-0.1, -0.05) is 0 Å². The minimum absolute atomic E-state index is 0. The number of aromatic nitrogens is 2. The fourth-order valence-corrected chi connectivity index (χ4v) is 3.42. The molecule has 0 bridgehead atoms. The average molecular weight is 413 g/mol. The molecule has 0 aliphatic carbocycles. The molecule has 0 spiro atoms. The highest BCUT2D eigenvalue weighted by molar-refractivity contribution is 5.85. The van der Waals surface area contributed by atoms with Crippen LogP contribution in [0.2, 0.25) is 0 Å². The van der Waals surface area contributed by atoms with Crippen LogP contribution in [-0.4, -0.2) is 54.3 Å². The molecule has 28 heavy (non-hydrogen) atoms. The zero-order valence-electron chi connectivity index (χ0n) is 16.1. The lowest BCUT2D eigenvalue weighted by molar-refractivity contribution is 0.249. The molecule has 7 nitrogen and oxygen atoms in total. The number of hydrogen-bond acceptors (Lipinski definition) is 5. The lowest BCUT2D eigenvalue weighted by Gasteiger charge is -2.36. The van der Waals surface area contributed by atoms with Crippen molar-refractivity contribution < 1.29 is 9.13 Å². The molecule has 0 atom stereocenters. The van der Waals surface area contributed by atoms with Gasteiger partial charge in [0.1, 0.15) is 11.6 Å². The molecule has 1 aliphatic heterocycles. The number of hydrogen-bond donors (Lipinski definition) is 1. The maximum atomic E-state index is 13.4. The van der Waals surface area contributed by atoms with E-state index in [4.69, 9.17) is 4.74 Å². The van der Waals surface area contributed by atoms with Gasteiger partial charge in [-0.3, -0.25) is 14.3 Å². The molecule has 1 aromatic heterocycles. The van der Waals surface area contributed by atoms with Crippen molar-refractivity contribution in [2.24, 2.45) is 0 Å². The predicted octanol–water partition coefficient (Wildman–Crippen LogP) is 1.63. The molecule has 2 aromatic rings. The van der Waals surface area contributed by atoms with Crippen LogP contribution in [0.3, 0.4) is 0 Å². The Balaban J connectivity index is 0.00000280.